The van der Waals surface area contributed by atoms with Gasteiger partial charge in [0.2, 0.25) is 0 Å². The van der Waals surface area contributed by atoms with Gasteiger partial charge >= 0.3 is 0 Å². The van der Waals surface area contributed by atoms with Crippen molar-refractivity contribution in [2.75, 3.05) is 0 Å². The number of benzene rings is 1. The van der Waals surface area contributed by atoms with E-state index < -0.39 is 0 Å². The third-order valence-corrected chi connectivity index (χ3v) is 3.06. The maximum absolute atomic E-state index is 7.41. The predicted octanol–water partition coefficient (Wildman–Crippen LogP) is 2.79. The average molecular weight is 234 g/mol. The van der Waals surface area contributed by atoms with Gasteiger partial charge in [-0.05, 0) is 37.1 Å². The number of hydrogen-bond acceptors (Lipinski definition) is 2. The Morgan fingerprint density at radius 1 is 1.38 bits per heavy atom. The fraction of sp³-hybridized carbons (Fsp3) is 0.167. The third-order valence-electron chi connectivity index (χ3n) is 2.65. The molecule has 16 heavy (non-hydrogen) atoms. The van der Waals surface area contributed by atoms with Gasteiger partial charge in [0.15, 0.2) is 0 Å². The van der Waals surface area contributed by atoms with Crippen molar-refractivity contribution in [2.24, 2.45) is 5.73 Å². The monoisotopic (exact) mass is 233 g/mol. The Hall–Kier alpha value is -1.61. The van der Waals surface area contributed by atoms with Crippen LogP contribution < -0.4 is 5.73 Å². The average Bonchev–Trinajstić information content (AvgIpc) is 2.23. The van der Waals surface area contributed by atoms with E-state index in [9.17, 15) is 0 Å². The molecule has 0 radical (unpaired) electrons. The quantitative estimate of drug-likeness (QED) is 0.588. The number of fused-ring (bicyclic) bond motifs is 1. The summed E-state index contributed by atoms with van der Waals surface area (Å²) in [4.78, 5) is 4.36. The van der Waals surface area contributed by atoms with Gasteiger partial charge in [-0.2, -0.15) is 0 Å². The van der Waals surface area contributed by atoms with Crippen LogP contribution in [-0.4, -0.2) is 10.8 Å². The van der Waals surface area contributed by atoms with Crippen molar-refractivity contribution in [2.45, 2.75) is 13.8 Å². The standard InChI is InChI=1S/C12H12ClN3/c1-6-5-10(12(14)15)16-11-7(2)9(13)4-3-8(6)11/h3-5H,1-2H3,(H3,14,15). The van der Waals surface area contributed by atoms with E-state index in [2.05, 4.69) is 4.98 Å². The van der Waals surface area contributed by atoms with Gasteiger partial charge in [-0.1, -0.05) is 17.7 Å². The molecule has 1 aromatic heterocycles. The number of rotatable bonds is 1. The molecular formula is C12H12ClN3. The number of aromatic nitrogens is 1. The fourth-order valence-electron chi connectivity index (χ4n) is 1.71. The Morgan fingerprint density at radius 2 is 2.06 bits per heavy atom. The van der Waals surface area contributed by atoms with Crippen LogP contribution in [0.5, 0.6) is 0 Å². The zero-order valence-electron chi connectivity index (χ0n) is 9.13. The maximum Gasteiger partial charge on any atom is 0.141 e. The van der Waals surface area contributed by atoms with E-state index >= 15 is 0 Å². The van der Waals surface area contributed by atoms with E-state index in [0.717, 1.165) is 22.0 Å². The molecule has 0 spiro atoms. The highest BCUT2D eigenvalue weighted by Crippen LogP contribution is 2.26. The highest BCUT2D eigenvalue weighted by Gasteiger charge is 2.08. The Labute approximate surface area is 98.8 Å². The van der Waals surface area contributed by atoms with Crippen LogP contribution in [0.2, 0.25) is 5.02 Å². The lowest BCUT2D eigenvalue weighted by Crippen LogP contribution is -2.13. The summed E-state index contributed by atoms with van der Waals surface area (Å²) in [6, 6.07) is 5.62. The molecular weight excluding hydrogens is 222 g/mol. The van der Waals surface area contributed by atoms with Crippen molar-refractivity contribution in [3.63, 3.8) is 0 Å². The van der Waals surface area contributed by atoms with Crippen LogP contribution >= 0.6 is 11.6 Å². The van der Waals surface area contributed by atoms with E-state index in [4.69, 9.17) is 22.7 Å². The first-order chi connectivity index (χ1) is 7.50. The van der Waals surface area contributed by atoms with Crippen LogP contribution in [-0.2, 0) is 0 Å². The molecule has 1 aromatic carbocycles. The molecule has 2 aromatic rings. The van der Waals surface area contributed by atoms with Crippen molar-refractivity contribution >= 4 is 28.3 Å². The van der Waals surface area contributed by atoms with Crippen LogP contribution in [0.25, 0.3) is 10.9 Å². The van der Waals surface area contributed by atoms with Crippen molar-refractivity contribution in [3.05, 3.63) is 40.0 Å². The van der Waals surface area contributed by atoms with Gasteiger partial charge in [0.25, 0.3) is 0 Å². The van der Waals surface area contributed by atoms with Gasteiger partial charge in [-0.3, -0.25) is 5.41 Å². The number of nitrogens with zero attached hydrogens (tertiary/aromatic N) is 1. The summed E-state index contributed by atoms with van der Waals surface area (Å²) < 4.78 is 0. The summed E-state index contributed by atoms with van der Waals surface area (Å²) in [5.74, 6) is -0.0237. The molecule has 1 heterocycles. The molecule has 82 valence electrons. The first kappa shape index (κ1) is 10.9. The minimum Gasteiger partial charge on any atom is -0.382 e. The van der Waals surface area contributed by atoms with Crippen LogP contribution in [0.15, 0.2) is 18.2 Å². The van der Waals surface area contributed by atoms with Crippen LogP contribution in [0.1, 0.15) is 16.8 Å². The number of hydrogen-bond donors (Lipinski definition) is 2. The largest absolute Gasteiger partial charge is 0.382 e. The minimum absolute atomic E-state index is 0.0237. The second-order valence-corrected chi connectivity index (χ2v) is 4.21. The Morgan fingerprint density at radius 3 is 2.69 bits per heavy atom. The van der Waals surface area contributed by atoms with Gasteiger partial charge in [0, 0.05) is 10.4 Å². The highest BCUT2D eigenvalue weighted by atomic mass is 35.5. The first-order valence-corrected chi connectivity index (χ1v) is 5.29. The molecule has 0 aliphatic heterocycles. The predicted molar refractivity (Wildman–Crippen MR) is 67.2 cm³/mol. The first-order valence-electron chi connectivity index (χ1n) is 4.91. The summed E-state index contributed by atoms with van der Waals surface area (Å²) in [6.07, 6.45) is 0. The Kier molecular flexibility index (Phi) is 2.56. The topological polar surface area (TPSA) is 62.8 Å². The van der Waals surface area contributed by atoms with E-state index in [1.807, 2.05) is 32.0 Å². The molecule has 4 heteroatoms. The fourth-order valence-corrected chi connectivity index (χ4v) is 1.86. The lowest BCUT2D eigenvalue weighted by molar-refractivity contribution is 1.27. The van der Waals surface area contributed by atoms with Crippen molar-refractivity contribution in [3.8, 4) is 0 Å². The van der Waals surface area contributed by atoms with E-state index in [-0.39, 0.29) is 5.84 Å². The van der Waals surface area contributed by atoms with Gasteiger partial charge in [-0.25, -0.2) is 4.98 Å². The van der Waals surface area contributed by atoms with Crippen molar-refractivity contribution in [1.82, 2.24) is 4.98 Å². The van der Waals surface area contributed by atoms with E-state index in [0.29, 0.717) is 10.7 Å². The number of pyridine rings is 1. The smallest absolute Gasteiger partial charge is 0.141 e. The SMILES string of the molecule is Cc1cc(C(=N)N)nc2c(C)c(Cl)ccc12. The van der Waals surface area contributed by atoms with Crippen LogP contribution in [0.3, 0.4) is 0 Å². The van der Waals surface area contributed by atoms with Crippen molar-refractivity contribution in [1.29, 1.82) is 5.41 Å². The Balaban J connectivity index is 2.88. The molecule has 0 amide bonds. The highest BCUT2D eigenvalue weighted by molar-refractivity contribution is 6.32. The minimum atomic E-state index is -0.0237. The molecule has 0 aliphatic rings. The summed E-state index contributed by atoms with van der Waals surface area (Å²) in [7, 11) is 0. The van der Waals surface area contributed by atoms with E-state index in [1.54, 1.807) is 0 Å². The number of nitrogens with one attached hydrogen (secondary N) is 1. The van der Waals surface area contributed by atoms with E-state index in [1.165, 1.54) is 0 Å². The summed E-state index contributed by atoms with van der Waals surface area (Å²) >= 11 is 6.05. The number of aryl methyl sites for hydroxylation is 2. The third kappa shape index (κ3) is 1.63. The van der Waals surface area contributed by atoms with Gasteiger partial charge in [-0.15, -0.1) is 0 Å². The normalized spacial score (nSPS) is 10.7. The number of halogens is 1. The zero-order chi connectivity index (χ0) is 11.9. The molecule has 0 saturated carbocycles. The molecule has 0 saturated heterocycles. The van der Waals surface area contributed by atoms with Crippen molar-refractivity contribution < 1.29 is 0 Å². The van der Waals surface area contributed by atoms with Crippen LogP contribution in [0, 0.1) is 19.3 Å². The van der Waals surface area contributed by atoms with Gasteiger partial charge in [0.05, 0.1) is 5.52 Å². The molecule has 3 N–H and O–H groups in total. The summed E-state index contributed by atoms with van der Waals surface area (Å²) in [5, 5.41) is 9.14. The van der Waals surface area contributed by atoms with Gasteiger partial charge < -0.3 is 5.73 Å². The molecule has 3 nitrogen and oxygen atoms in total. The lowest BCUT2D eigenvalue weighted by Gasteiger charge is -2.08. The zero-order valence-corrected chi connectivity index (χ0v) is 9.89. The molecule has 0 fully saturated rings. The van der Waals surface area contributed by atoms with Crippen LogP contribution in [0.4, 0.5) is 0 Å². The summed E-state index contributed by atoms with van der Waals surface area (Å²) in [6.45, 7) is 3.89. The molecule has 2 rings (SSSR count). The molecule has 0 aliphatic carbocycles. The number of amidine groups is 1. The number of nitrogen functional groups attached to an aromatic ring is 1. The summed E-state index contributed by atoms with van der Waals surface area (Å²) in [5.41, 5.74) is 8.74. The van der Waals surface area contributed by atoms with Gasteiger partial charge in [0.1, 0.15) is 11.5 Å². The molecule has 0 atom stereocenters. The lowest BCUT2D eigenvalue weighted by atomic mass is 10.1. The second kappa shape index (κ2) is 3.76. The maximum atomic E-state index is 7.41. The molecule has 0 bridgehead atoms. The number of nitrogens with two attached hydrogens (primary N) is 1. The molecule has 0 unspecified atom stereocenters. The second-order valence-electron chi connectivity index (χ2n) is 3.81. The Bertz CT molecular complexity index is 590.